The van der Waals surface area contributed by atoms with Crippen LogP contribution in [-0.4, -0.2) is 34.5 Å². The topological polar surface area (TPSA) is 57.6 Å². The molecule has 1 rings (SSSR count). The van der Waals surface area contributed by atoms with Gasteiger partial charge in [-0.25, -0.2) is 0 Å². The molecular formula is C15H27NO3. The van der Waals surface area contributed by atoms with Gasteiger partial charge in [0.1, 0.15) is 0 Å². The van der Waals surface area contributed by atoms with E-state index < -0.39 is 11.9 Å². The summed E-state index contributed by atoms with van der Waals surface area (Å²) in [4.78, 5) is 25.4. The molecule has 0 aromatic heterocycles. The molecule has 1 unspecified atom stereocenters. The van der Waals surface area contributed by atoms with Gasteiger partial charge in [0.2, 0.25) is 5.91 Å². The van der Waals surface area contributed by atoms with Crippen LogP contribution in [0, 0.1) is 17.8 Å². The smallest absolute Gasteiger partial charge is 0.308 e. The molecule has 1 aliphatic heterocycles. The standard InChI is InChI=1S/C15H27NO3/c1-5-12(10(2)3)9-14(17)16-8-6-7-13(11(16)4)15(18)19/h10-13H,5-9H2,1-4H3,(H,18,19)/t11-,12?,13-/m0/s1. The third-order valence-electron chi connectivity index (χ3n) is 4.53. The molecule has 19 heavy (non-hydrogen) atoms. The van der Waals surface area contributed by atoms with E-state index in [0.29, 0.717) is 31.2 Å². The predicted molar refractivity (Wildman–Crippen MR) is 74.8 cm³/mol. The van der Waals surface area contributed by atoms with Crippen molar-refractivity contribution in [1.82, 2.24) is 4.90 Å². The highest BCUT2D eigenvalue weighted by Crippen LogP contribution is 2.27. The third kappa shape index (κ3) is 3.95. The summed E-state index contributed by atoms with van der Waals surface area (Å²) >= 11 is 0. The summed E-state index contributed by atoms with van der Waals surface area (Å²) < 4.78 is 0. The van der Waals surface area contributed by atoms with Gasteiger partial charge in [0.15, 0.2) is 0 Å². The number of carbonyl (C=O) groups excluding carboxylic acids is 1. The van der Waals surface area contributed by atoms with Crippen LogP contribution in [-0.2, 0) is 9.59 Å². The lowest BCUT2D eigenvalue weighted by molar-refractivity contribution is -0.149. The van der Waals surface area contributed by atoms with Gasteiger partial charge in [0.25, 0.3) is 0 Å². The van der Waals surface area contributed by atoms with Crippen molar-refractivity contribution >= 4 is 11.9 Å². The van der Waals surface area contributed by atoms with Crippen LogP contribution in [0.3, 0.4) is 0 Å². The van der Waals surface area contributed by atoms with Gasteiger partial charge in [0.05, 0.1) is 5.92 Å². The summed E-state index contributed by atoms with van der Waals surface area (Å²) in [7, 11) is 0. The monoisotopic (exact) mass is 269 g/mol. The Balaban J connectivity index is 2.67. The van der Waals surface area contributed by atoms with Crippen molar-refractivity contribution in [2.75, 3.05) is 6.54 Å². The largest absolute Gasteiger partial charge is 0.481 e. The van der Waals surface area contributed by atoms with Gasteiger partial charge in [-0.2, -0.15) is 0 Å². The van der Waals surface area contributed by atoms with E-state index in [1.165, 1.54) is 0 Å². The number of rotatable bonds is 5. The van der Waals surface area contributed by atoms with Crippen LogP contribution in [0.1, 0.15) is 53.4 Å². The second-order valence-electron chi connectivity index (χ2n) is 6.03. The summed E-state index contributed by atoms with van der Waals surface area (Å²) in [5.41, 5.74) is 0. The van der Waals surface area contributed by atoms with E-state index in [4.69, 9.17) is 0 Å². The lowest BCUT2D eigenvalue weighted by Crippen LogP contribution is -2.49. The minimum atomic E-state index is -0.777. The third-order valence-corrected chi connectivity index (χ3v) is 4.53. The molecule has 0 aromatic rings. The van der Waals surface area contributed by atoms with Crippen molar-refractivity contribution in [2.24, 2.45) is 17.8 Å². The number of amides is 1. The molecule has 1 N–H and O–H groups in total. The number of carboxylic acid groups (broad SMARTS) is 1. The van der Waals surface area contributed by atoms with E-state index in [1.807, 2.05) is 6.92 Å². The average Bonchev–Trinajstić information content (AvgIpc) is 2.35. The molecule has 3 atom stereocenters. The highest BCUT2D eigenvalue weighted by atomic mass is 16.4. The van der Waals surface area contributed by atoms with E-state index in [2.05, 4.69) is 20.8 Å². The van der Waals surface area contributed by atoms with Crippen LogP contribution in [0.4, 0.5) is 0 Å². The van der Waals surface area contributed by atoms with Crippen molar-refractivity contribution in [2.45, 2.75) is 59.4 Å². The Morgan fingerprint density at radius 3 is 2.47 bits per heavy atom. The van der Waals surface area contributed by atoms with E-state index in [-0.39, 0.29) is 11.9 Å². The zero-order valence-electron chi connectivity index (χ0n) is 12.6. The maximum Gasteiger partial charge on any atom is 0.308 e. The zero-order chi connectivity index (χ0) is 14.6. The number of likely N-dealkylation sites (tertiary alicyclic amines) is 1. The fourth-order valence-electron chi connectivity index (χ4n) is 3.02. The van der Waals surface area contributed by atoms with Crippen LogP contribution < -0.4 is 0 Å². The summed E-state index contributed by atoms with van der Waals surface area (Å²) in [6.45, 7) is 8.96. The number of carbonyl (C=O) groups is 2. The summed E-state index contributed by atoms with van der Waals surface area (Å²) in [5.74, 6) is -0.175. The van der Waals surface area contributed by atoms with Crippen molar-refractivity contribution in [3.8, 4) is 0 Å². The number of hydrogen-bond acceptors (Lipinski definition) is 2. The Bertz CT molecular complexity index is 327. The average molecular weight is 269 g/mol. The summed E-state index contributed by atoms with van der Waals surface area (Å²) in [6.07, 6.45) is 3.02. The Kier molecular flexibility index (Phi) is 5.83. The molecule has 1 saturated heterocycles. The maximum absolute atomic E-state index is 12.4. The molecule has 0 aromatic carbocycles. The molecule has 1 amide bonds. The molecular weight excluding hydrogens is 242 g/mol. The molecule has 0 spiro atoms. The highest BCUT2D eigenvalue weighted by Gasteiger charge is 2.35. The first-order chi connectivity index (χ1) is 8.88. The molecule has 0 bridgehead atoms. The molecule has 0 radical (unpaired) electrons. The molecule has 1 heterocycles. The van der Waals surface area contributed by atoms with Gasteiger partial charge < -0.3 is 10.0 Å². The first-order valence-corrected chi connectivity index (χ1v) is 7.40. The minimum Gasteiger partial charge on any atom is -0.481 e. The first-order valence-electron chi connectivity index (χ1n) is 7.40. The number of hydrogen-bond donors (Lipinski definition) is 1. The highest BCUT2D eigenvalue weighted by molar-refractivity contribution is 5.79. The molecule has 110 valence electrons. The van der Waals surface area contributed by atoms with Crippen molar-refractivity contribution < 1.29 is 14.7 Å². The van der Waals surface area contributed by atoms with Gasteiger partial charge in [-0.05, 0) is 31.6 Å². The number of aliphatic carboxylic acids is 1. The Morgan fingerprint density at radius 1 is 1.37 bits per heavy atom. The van der Waals surface area contributed by atoms with Gasteiger partial charge in [-0.15, -0.1) is 0 Å². The van der Waals surface area contributed by atoms with Crippen LogP contribution in [0.2, 0.25) is 0 Å². The first kappa shape index (κ1) is 16.0. The second kappa shape index (κ2) is 6.92. The van der Waals surface area contributed by atoms with E-state index in [0.717, 1.165) is 12.8 Å². The number of carboxylic acids is 1. The molecule has 4 heteroatoms. The maximum atomic E-state index is 12.4. The van der Waals surface area contributed by atoms with Crippen molar-refractivity contribution in [3.63, 3.8) is 0 Å². The zero-order valence-corrected chi connectivity index (χ0v) is 12.6. The van der Waals surface area contributed by atoms with Gasteiger partial charge in [-0.3, -0.25) is 9.59 Å². The van der Waals surface area contributed by atoms with E-state index in [1.54, 1.807) is 4.90 Å². The molecule has 1 aliphatic rings. The minimum absolute atomic E-state index is 0.124. The second-order valence-corrected chi connectivity index (χ2v) is 6.03. The van der Waals surface area contributed by atoms with Crippen LogP contribution in [0.25, 0.3) is 0 Å². The normalized spacial score (nSPS) is 25.4. The van der Waals surface area contributed by atoms with Crippen molar-refractivity contribution in [1.29, 1.82) is 0 Å². The molecule has 1 fully saturated rings. The Morgan fingerprint density at radius 2 is 2.00 bits per heavy atom. The lowest BCUT2D eigenvalue weighted by Gasteiger charge is -2.38. The summed E-state index contributed by atoms with van der Waals surface area (Å²) in [5, 5.41) is 9.19. The van der Waals surface area contributed by atoms with Crippen LogP contribution in [0.15, 0.2) is 0 Å². The van der Waals surface area contributed by atoms with Crippen LogP contribution >= 0.6 is 0 Å². The van der Waals surface area contributed by atoms with E-state index in [9.17, 15) is 14.7 Å². The summed E-state index contributed by atoms with van der Waals surface area (Å²) in [6, 6.07) is -0.177. The fourth-order valence-corrected chi connectivity index (χ4v) is 3.02. The van der Waals surface area contributed by atoms with Gasteiger partial charge in [-0.1, -0.05) is 27.2 Å². The fraction of sp³-hybridized carbons (Fsp3) is 0.867. The van der Waals surface area contributed by atoms with Gasteiger partial charge in [0, 0.05) is 19.0 Å². The Hall–Kier alpha value is -1.06. The Labute approximate surface area is 116 Å². The number of nitrogens with zero attached hydrogens (tertiary/aromatic N) is 1. The predicted octanol–water partition coefficient (Wildman–Crippen LogP) is 2.77. The quantitative estimate of drug-likeness (QED) is 0.835. The van der Waals surface area contributed by atoms with Gasteiger partial charge >= 0.3 is 5.97 Å². The van der Waals surface area contributed by atoms with E-state index >= 15 is 0 Å². The van der Waals surface area contributed by atoms with Crippen LogP contribution in [0.5, 0.6) is 0 Å². The molecule has 4 nitrogen and oxygen atoms in total. The molecule has 0 aliphatic carbocycles. The SMILES string of the molecule is CCC(CC(=O)N1CCC[C@H](C(=O)O)[C@@H]1C)C(C)C. The molecule has 0 saturated carbocycles. The number of piperidine rings is 1. The van der Waals surface area contributed by atoms with Crippen molar-refractivity contribution in [3.05, 3.63) is 0 Å². The lowest BCUT2D eigenvalue weighted by atomic mass is 9.87.